The van der Waals surface area contributed by atoms with Crippen molar-refractivity contribution in [3.05, 3.63) is 62.3 Å². The van der Waals surface area contributed by atoms with Crippen LogP contribution < -0.4 is 21.5 Å². The monoisotopic (exact) mass is 546 g/mol. The number of aryl methyl sites for hydroxylation is 1. The lowest BCUT2D eigenvalue weighted by atomic mass is 10.0. The van der Waals surface area contributed by atoms with Gasteiger partial charge in [-0.15, -0.1) is 0 Å². The Labute approximate surface area is 219 Å². The zero-order valence-electron chi connectivity index (χ0n) is 20.7. The summed E-state index contributed by atoms with van der Waals surface area (Å²) in [4.78, 5) is 26.9. The Morgan fingerprint density at radius 3 is 2.46 bits per heavy atom. The number of likely N-dealkylation sites (N-methyl/N-ethyl adjacent to an activating group) is 1. The molecule has 37 heavy (non-hydrogen) atoms. The van der Waals surface area contributed by atoms with Gasteiger partial charge in [-0.1, -0.05) is 6.07 Å². The molecule has 2 fully saturated rings. The van der Waals surface area contributed by atoms with Gasteiger partial charge < -0.3 is 25.1 Å². The summed E-state index contributed by atoms with van der Waals surface area (Å²) in [6.07, 6.45) is 1.99. The molecule has 0 radical (unpaired) electrons. The maximum Gasteiger partial charge on any atom is 0.253 e. The van der Waals surface area contributed by atoms with E-state index in [4.69, 9.17) is 4.42 Å². The highest BCUT2D eigenvalue weighted by Crippen LogP contribution is 2.40. The molecule has 198 valence electrons. The van der Waals surface area contributed by atoms with Crippen molar-refractivity contribution in [2.24, 2.45) is 0 Å². The van der Waals surface area contributed by atoms with E-state index in [-0.39, 0.29) is 33.2 Å². The highest BCUT2D eigenvalue weighted by molar-refractivity contribution is 8.00. The molecule has 2 aliphatic heterocycles. The van der Waals surface area contributed by atoms with Gasteiger partial charge in [0.2, 0.25) is 10.0 Å². The number of anilines is 3. The Bertz CT molecular complexity index is 1460. The molecule has 0 aliphatic carbocycles. The number of hydrogen-bond donors (Lipinski definition) is 3. The minimum Gasteiger partial charge on any atom is -0.504 e. The van der Waals surface area contributed by atoms with Crippen LogP contribution >= 0.6 is 11.8 Å². The van der Waals surface area contributed by atoms with Gasteiger partial charge in [-0.3, -0.25) is 9.59 Å². The lowest BCUT2D eigenvalue weighted by Gasteiger charge is -2.31. The van der Waals surface area contributed by atoms with Gasteiger partial charge in [-0.05, 0) is 56.8 Å². The molecule has 3 N–H and O–H groups in total. The molecule has 0 amide bonds. The lowest BCUT2D eigenvalue weighted by Crippen LogP contribution is -2.47. The van der Waals surface area contributed by atoms with E-state index in [1.807, 2.05) is 31.0 Å². The molecule has 2 saturated heterocycles. The molecule has 0 saturated carbocycles. The van der Waals surface area contributed by atoms with Crippen LogP contribution in [0.3, 0.4) is 0 Å². The minimum atomic E-state index is -3.95. The largest absolute Gasteiger partial charge is 0.504 e. The average Bonchev–Trinajstić information content (AvgIpc) is 3.56. The summed E-state index contributed by atoms with van der Waals surface area (Å²) in [7, 11) is -2.02. The van der Waals surface area contributed by atoms with Gasteiger partial charge in [0.05, 0.1) is 11.7 Å². The summed E-state index contributed by atoms with van der Waals surface area (Å²) in [5.74, 6) is 1.93. The molecular weight excluding hydrogens is 516 g/mol. The summed E-state index contributed by atoms with van der Waals surface area (Å²) >= 11 is 1.78. The molecule has 5 rings (SSSR count). The summed E-state index contributed by atoms with van der Waals surface area (Å²) < 4.78 is 33.6. The number of piperazine rings is 1. The summed E-state index contributed by atoms with van der Waals surface area (Å²) in [6.45, 7) is 3.65. The van der Waals surface area contributed by atoms with Gasteiger partial charge in [0.15, 0.2) is 5.75 Å². The van der Waals surface area contributed by atoms with Gasteiger partial charge >= 0.3 is 0 Å². The second-order valence-corrected chi connectivity index (χ2v) is 12.8. The molecule has 2 aromatic carbocycles. The Morgan fingerprint density at radius 2 is 1.81 bits per heavy atom. The SMILES string of the molecule is Cc1ccc([C@H](Nc2c(Nc3cccc(S(=O)(=O)N4CCN(C)CC4)c3O)c(=O)c2=O)[C@@H]2CCCS2)o1. The molecule has 1 aromatic heterocycles. The molecule has 12 heteroatoms. The van der Waals surface area contributed by atoms with Crippen LogP contribution in [0.25, 0.3) is 0 Å². The van der Waals surface area contributed by atoms with E-state index in [9.17, 15) is 23.1 Å². The lowest BCUT2D eigenvalue weighted by molar-refractivity contribution is 0.222. The van der Waals surface area contributed by atoms with E-state index in [0.717, 1.165) is 24.4 Å². The van der Waals surface area contributed by atoms with Crippen LogP contribution in [0, 0.1) is 6.92 Å². The molecular formula is C25H30N4O6S2. The maximum atomic E-state index is 13.2. The third kappa shape index (κ3) is 4.90. The Kier molecular flexibility index (Phi) is 7.10. The first-order valence-corrected chi connectivity index (χ1v) is 14.7. The van der Waals surface area contributed by atoms with Crippen LogP contribution in [0.15, 0.2) is 49.2 Å². The Balaban J connectivity index is 1.42. The number of rotatable bonds is 8. The number of benzene rings is 1. The van der Waals surface area contributed by atoms with E-state index in [1.54, 1.807) is 11.8 Å². The molecule has 2 atom stereocenters. The van der Waals surface area contributed by atoms with E-state index in [0.29, 0.717) is 31.9 Å². The average molecular weight is 547 g/mol. The first kappa shape index (κ1) is 25.8. The van der Waals surface area contributed by atoms with Gasteiger partial charge in [0.1, 0.15) is 27.8 Å². The molecule has 0 unspecified atom stereocenters. The fraction of sp³-hybridized carbons (Fsp3) is 0.440. The van der Waals surface area contributed by atoms with Crippen LogP contribution in [0.5, 0.6) is 5.75 Å². The van der Waals surface area contributed by atoms with Gasteiger partial charge in [0, 0.05) is 31.4 Å². The quantitative estimate of drug-likeness (QED) is 0.286. The zero-order chi connectivity index (χ0) is 26.3. The fourth-order valence-corrected chi connectivity index (χ4v) is 7.66. The number of para-hydroxylation sites is 1. The zero-order valence-corrected chi connectivity index (χ0v) is 22.3. The third-order valence-corrected chi connectivity index (χ3v) is 10.3. The van der Waals surface area contributed by atoms with Crippen LogP contribution in [-0.2, 0) is 10.0 Å². The molecule has 2 aliphatic rings. The number of thioether (sulfide) groups is 1. The summed E-state index contributed by atoms with van der Waals surface area (Å²) in [6, 6.07) is 7.70. The van der Waals surface area contributed by atoms with Crippen molar-refractivity contribution in [1.82, 2.24) is 9.21 Å². The summed E-state index contributed by atoms with van der Waals surface area (Å²) in [5, 5.41) is 17.1. The predicted molar refractivity (Wildman–Crippen MR) is 144 cm³/mol. The van der Waals surface area contributed by atoms with Crippen molar-refractivity contribution in [3.8, 4) is 5.75 Å². The van der Waals surface area contributed by atoms with Crippen LogP contribution in [0.1, 0.15) is 30.4 Å². The second kappa shape index (κ2) is 10.2. The molecule has 3 heterocycles. The normalized spacial score (nSPS) is 20.3. The van der Waals surface area contributed by atoms with Crippen LogP contribution in [-0.4, -0.2) is 67.0 Å². The minimum absolute atomic E-state index is 0.00859. The van der Waals surface area contributed by atoms with Gasteiger partial charge in [-0.2, -0.15) is 16.1 Å². The number of hydrogen-bond acceptors (Lipinski definition) is 10. The standard InChI is InChI=1S/C25H30N4O6S2/c1-15-8-9-17(35-15)20(18-6-4-14-36-18)27-22-21(24(31)25(22)32)26-16-5-3-7-19(23(16)30)37(33,34)29-12-10-28(2)11-13-29/h3,5,7-9,18,20,26-27,30H,4,6,10-14H2,1-2H3/t18-,20-/m0/s1. The summed E-state index contributed by atoms with van der Waals surface area (Å²) in [5.41, 5.74) is -1.28. The first-order chi connectivity index (χ1) is 17.7. The number of nitrogens with zero attached hydrogens (tertiary/aromatic N) is 2. The molecule has 10 nitrogen and oxygen atoms in total. The number of phenolic OH excluding ortho intramolecular Hbond substituents is 1. The second-order valence-electron chi connectivity index (χ2n) is 9.51. The van der Waals surface area contributed by atoms with E-state index in [2.05, 4.69) is 10.6 Å². The third-order valence-electron chi connectivity index (χ3n) is 6.95. The Hall–Kier alpha value is -2.80. The number of aromatic hydroxyl groups is 1. The fourth-order valence-electron chi connectivity index (χ4n) is 4.77. The molecule has 3 aromatic rings. The highest BCUT2D eigenvalue weighted by Gasteiger charge is 2.34. The van der Waals surface area contributed by atoms with E-state index >= 15 is 0 Å². The Morgan fingerprint density at radius 1 is 1.08 bits per heavy atom. The number of nitrogens with one attached hydrogen (secondary N) is 2. The molecule has 0 spiro atoms. The number of sulfonamides is 1. The number of phenols is 1. The predicted octanol–water partition coefficient (Wildman–Crippen LogP) is 2.62. The van der Waals surface area contributed by atoms with Crippen molar-refractivity contribution >= 4 is 38.8 Å². The molecule has 0 bridgehead atoms. The van der Waals surface area contributed by atoms with Crippen molar-refractivity contribution in [3.63, 3.8) is 0 Å². The number of furan rings is 1. The van der Waals surface area contributed by atoms with Crippen molar-refractivity contribution < 1.29 is 17.9 Å². The van der Waals surface area contributed by atoms with Gasteiger partial charge in [-0.25, -0.2) is 8.42 Å². The van der Waals surface area contributed by atoms with E-state index in [1.165, 1.54) is 22.5 Å². The van der Waals surface area contributed by atoms with Gasteiger partial charge in [0.25, 0.3) is 10.9 Å². The first-order valence-electron chi connectivity index (χ1n) is 12.2. The van der Waals surface area contributed by atoms with Crippen LogP contribution in [0.4, 0.5) is 17.1 Å². The van der Waals surface area contributed by atoms with Crippen molar-refractivity contribution in [2.45, 2.75) is 36.0 Å². The van der Waals surface area contributed by atoms with E-state index < -0.39 is 26.6 Å². The topological polar surface area (TPSA) is 132 Å². The van der Waals surface area contributed by atoms with Crippen molar-refractivity contribution in [2.75, 3.05) is 49.6 Å². The van der Waals surface area contributed by atoms with Crippen LogP contribution in [0.2, 0.25) is 0 Å². The smallest absolute Gasteiger partial charge is 0.253 e. The highest BCUT2D eigenvalue weighted by atomic mass is 32.2. The van der Waals surface area contributed by atoms with Crippen molar-refractivity contribution in [1.29, 1.82) is 0 Å². The maximum absolute atomic E-state index is 13.2.